The monoisotopic (exact) mass is 304 g/mol. The Balaban J connectivity index is 1.90. The molecular weight excluding hydrogens is 280 g/mol. The highest BCUT2D eigenvalue weighted by atomic mass is 32.1. The number of rotatable bonds is 8. The van der Waals surface area contributed by atoms with Gasteiger partial charge in [-0.3, -0.25) is 0 Å². The van der Waals surface area contributed by atoms with Crippen LogP contribution >= 0.6 is 11.3 Å². The van der Waals surface area contributed by atoms with E-state index in [1.165, 1.54) is 16.1 Å². The molecule has 0 saturated carbocycles. The molecule has 21 heavy (non-hydrogen) atoms. The third-order valence-corrected chi connectivity index (χ3v) is 4.57. The molecule has 1 aromatic carbocycles. The van der Waals surface area contributed by atoms with Gasteiger partial charge < -0.3 is 10.5 Å². The lowest BCUT2D eigenvalue weighted by Gasteiger charge is -2.06. The molecule has 0 atom stereocenters. The molecule has 2 rings (SSSR count). The predicted octanol–water partition coefficient (Wildman–Crippen LogP) is 3.74. The van der Waals surface area contributed by atoms with Gasteiger partial charge in [0, 0.05) is 17.8 Å². The third kappa shape index (κ3) is 4.55. The van der Waals surface area contributed by atoms with Crippen LogP contribution in [0, 0.1) is 0 Å². The van der Waals surface area contributed by atoms with Crippen molar-refractivity contribution in [2.75, 3.05) is 6.61 Å². The van der Waals surface area contributed by atoms with Crippen molar-refractivity contribution < 1.29 is 4.74 Å². The van der Waals surface area contributed by atoms with Crippen molar-refractivity contribution in [3.8, 4) is 5.75 Å². The normalized spacial score (nSPS) is 10.8. The molecule has 0 fully saturated rings. The molecule has 0 aliphatic carbocycles. The molecule has 0 spiro atoms. The molecule has 3 nitrogen and oxygen atoms in total. The Hall–Kier alpha value is -1.39. The van der Waals surface area contributed by atoms with Gasteiger partial charge in [-0.15, -0.1) is 11.3 Å². The highest BCUT2D eigenvalue weighted by Gasteiger charge is 2.09. The SMILES string of the molecule is CCCc1nc(CCOc2cccc(CC)c2)sc1CN. The maximum Gasteiger partial charge on any atom is 0.119 e. The molecule has 0 unspecified atom stereocenters. The first-order valence-corrected chi connectivity index (χ1v) is 8.47. The van der Waals surface area contributed by atoms with Crippen LogP contribution in [0.3, 0.4) is 0 Å². The van der Waals surface area contributed by atoms with Crippen LogP contribution in [0.25, 0.3) is 0 Å². The number of hydrogen-bond acceptors (Lipinski definition) is 4. The van der Waals surface area contributed by atoms with E-state index in [1.807, 2.05) is 12.1 Å². The van der Waals surface area contributed by atoms with Crippen molar-refractivity contribution >= 4 is 11.3 Å². The van der Waals surface area contributed by atoms with Crippen molar-refractivity contribution in [1.29, 1.82) is 0 Å². The number of thiazole rings is 1. The molecular formula is C17H24N2OS. The van der Waals surface area contributed by atoms with Crippen LogP contribution in [0.2, 0.25) is 0 Å². The number of aryl methyl sites for hydroxylation is 2. The lowest BCUT2D eigenvalue weighted by molar-refractivity contribution is 0.321. The largest absolute Gasteiger partial charge is 0.493 e. The Kier molecular flexibility index (Phi) is 6.21. The van der Waals surface area contributed by atoms with Crippen LogP contribution in [0.15, 0.2) is 24.3 Å². The molecule has 1 heterocycles. The Morgan fingerprint density at radius 2 is 2.10 bits per heavy atom. The number of aromatic nitrogens is 1. The minimum absolute atomic E-state index is 0.590. The molecule has 2 N–H and O–H groups in total. The molecule has 1 aromatic heterocycles. The fraction of sp³-hybridized carbons (Fsp3) is 0.471. The molecule has 0 bridgehead atoms. The van der Waals surface area contributed by atoms with Crippen molar-refractivity contribution in [3.05, 3.63) is 45.4 Å². The fourth-order valence-electron chi connectivity index (χ4n) is 2.25. The topological polar surface area (TPSA) is 48.1 Å². The lowest BCUT2D eigenvalue weighted by Crippen LogP contribution is -2.01. The van der Waals surface area contributed by atoms with Gasteiger partial charge in [-0.25, -0.2) is 4.98 Å². The summed E-state index contributed by atoms with van der Waals surface area (Å²) >= 11 is 1.73. The van der Waals surface area contributed by atoms with Crippen LogP contribution in [0.4, 0.5) is 0 Å². The molecule has 0 amide bonds. The predicted molar refractivity (Wildman–Crippen MR) is 89.0 cm³/mol. The Bertz CT molecular complexity index is 566. The maximum atomic E-state index is 5.83. The average Bonchev–Trinajstić information content (AvgIpc) is 2.90. The summed E-state index contributed by atoms with van der Waals surface area (Å²) in [6.45, 7) is 5.57. The lowest BCUT2D eigenvalue weighted by atomic mass is 10.2. The summed E-state index contributed by atoms with van der Waals surface area (Å²) in [7, 11) is 0. The van der Waals surface area contributed by atoms with E-state index in [0.717, 1.165) is 36.4 Å². The van der Waals surface area contributed by atoms with Crippen LogP contribution in [0.5, 0.6) is 5.75 Å². The highest BCUT2D eigenvalue weighted by molar-refractivity contribution is 7.11. The van der Waals surface area contributed by atoms with Gasteiger partial charge in [0.25, 0.3) is 0 Å². The minimum atomic E-state index is 0.590. The van der Waals surface area contributed by atoms with E-state index in [0.29, 0.717) is 13.2 Å². The van der Waals surface area contributed by atoms with E-state index in [-0.39, 0.29) is 0 Å². The summed E-state index contributed by atoms with van der Waals surface area (Å²) in [6, 6.07) is 8.28. The fourth-order valence-corrected chi connectivity index (χ4v) is 3.22. The van der Waals surface area contributed by atoms with Crippen molar-refractivity contribution in [2.24, 2.45) is 5.73 Å². The zero-order chi connectivity index (χ0) is 15.1. The number of hydrogen-bond donors (Lipinski definition) is 1. The minimum Gasteiger partial charge on any atom is -0.493 e. The highest BCUT2D eigenvalue weighted by Crippen LogP contribution is 2.20. The van der Waals surface area contributed by atoms with E-state index >= 15 is 0 Å². The second-order valence-electron chi connectivity index (χ2n) is 5.03. The van der Waals surface area contributed by atoms with Gasteiger partial charge >= 0.3 is 0 Å². The molecule has 0 saturated heterocycles. The second-order valence-corrected chi connectivity index (χ2v) is 6.20. The standard InChI is InChI=1S/C17H24N2OS/c1-3-6-15-16(12-18)21-17(19-15)9-10-20-14-8-5-7-13(4-2)11-14/h5,7-8,11H,3-4,6,9-10,12,18H2,1-2H3. The third-order valence-electron chi connectivity index (χ3n) is 3.39. The van der Waals surface area contributed by atoms with Crippen LogP contribution in [-0.4, -0.2) is 11.6 Å². The first-order valence-electron chi connectivity index (χ1n) is 7.66. The van der Waals surface area contributed by atoms with E-state index in [2.05, 4.69) is 26.0 Å². The van der Waals surface area contributed by atoms with Gasteiger partial charge in [0.05, 0.1) is 17.3 Å². The zero-order valence-electron chi connectivity index (χ0n) is 12.9. The van der Waals surface area contributed by atoms with Crippen molar-refractivity contribution in [1.82, 2.24) is 4.98 Å². The second kappa shape index (κ2) is 8.15. The Labute approximate surface area is 131 Å². The van der Waals surface area contributed by atoms with E-state index in [1.54, 1.807) is 11.3 Å². The molecule has 4 heteroatoms. The smallest absolute Gasteiger partial charge is 0.119 e. The first-order chi connectivity index (χ1) is 10.3. The first kappa shape index (κ1) is 16.0. The number of nitrogens with zero attached hydrogens (tertiary/aromatic N) is 1. The van der Waals surface area contributed by atoms with Gasteiger partial charge in [-0.05, 0) is 30.5 Å². The summed E-state index contributed by atoms with van der Waals surface area (Å²) in [5.41, 5.74) is 8.26. The zero-order valence-corrected chi connectivity index (χ0v) is 13.7. The summed E-state index contributed by atoms with van der Waals surface area (Å²) in [5.74, 6) is 0.943. The summed E-state index contributed by atoms with van der Waals surface area (Å²) in [6.07, 6.45) is 4.00. The molecule has 2 aromatic rings. The van der Waals surface area contributed by atoms with Gasteiger partial charge in [0.2, 0.25) is 0 Å². The Morgan fingerprint density at radius 3 is 2.81 bits per heavy atom. The quantitative estimate of drug-likeness (QED) is 0.808. The Morgan fingerprint density at radius 1 is 1.24 bits per heavy atom. The van der Waals surface area contributed by atoms with Crippen LogP contribution in [-0.2, 0) is 25.8 Å². The molecule has 0 aliphatic rings. The van der Waals surface area contributed by atoms with Gasteiger partial charge in [-0.1, -0.05) is 32.4 Å². The number of nitrogens with two attached hydrogens (primary N) is 1. The average molecular weight is 304 g/mol. The van der Waals surface area contributed by atoms with Crippen LogP contribution < -0.4 is 10.5 Å². The van der Waals surface area contributed by atoms with Gasteiger partial charge in [0.1, 0.15) is 5.75 Å². The number of ether oxygens (including phenoxy) is 1. The molecule has 0 radical (unpaired) electrons. The van der Waals surface area contributed by atoms with E-state index in [9.17, 15) is 0 Å². The van der Waals surface area contributed by atoms with Gasteiger partial charge in [-0.2, -0.15) is 0 Å². The van der Waals surface area contributed by atoms with Crippen LogP contribution in [0.1, 0.15) is 41.4 Å². The summed E-state index contributed by atoms with van der Waals surface area (Å²) in [5, 5.41) is 1.13. The summed E-state index contributed by atoms with van der Waals surface area (Å²) < 4.78 is 5.83. The summed E-state index contributed by atoms with van der Waals surface area (Å²) in [4.78, 5) is 5.92. The van der Waals surface area contributed by atoms with E-state index in [4.69, 9.17) is 15.5 Å². The van der Waals surface area contributed by atoms with Crippen molar-refractivity contribution in [3.63, 3.8) is 0 Å². The number of benzene rings is 1. The molecule has 114 valence electrons. The molecule has 0 aliphatic heterocycles. The maximum absolute atomic E-state index is 5.83. The van der Waals surface area contributed by atoms with Crippen molar-refractivity contribution in [2.45, 2.75) is 46.1 Å². The van der Waals surface area contributed by atoms with Gasteiger partial charge in [0.15, 0.2) is 0 Å². The van der Waals surface area contributed by atoms with E-state index < -0.39 is 0 Å².